The summed E-state index contributed by atoms with van der Waals surface area (Å²) >= 11 is 0. The highest BCUT2D eigenvalue weighted by molar-refractivity contribution is 7.90. The second-order valence-electron chi connectivity index (χ2n) is 7.54. The lowest BCUT2D eigenvalue weighted by molar-refractivity contribution is 0.593. The van der Waals surface area contributed by atoms with E-state index < -0.39 is 7.14 Å². The molecule has 0 atom stereocenters. The molecule has 0 unspecified atom stereocenters. The van der Waals surface area contributed by atoms with Crippen molar-refractivity contribution in [3.8, 4) is 0 Å². The molecular weight excluding hydrogens is 359 g/mol. The largest absolute Gasteiger partial charge is 0.309 e. The third kappa shape index (κ3) is 2.65. The molecule has 138 valence electrons. The van der Waals surface area contributed by atoms with Crippen molar-refractivity contribution in [2.24, 2.45) is 0 Å². The monoisotopic (exact) mass is 382 g/mol. The van der Waals surface area contributed by atoms with Gasteiger partial charge in [0.1, 0.15) is 0 Å². The maximum absolute atomic E-state index is 15.1. The molecule has 2 heteroatoms. The molecule has 2 aliphatic rings. The van der Waals surface area contributed by atoms with Gasteiger partial charge in [0.2, 0.25) is 0 Å². The first-order valence-electron chi connectivity index (χ1n) is 10.0. The van der Waals surface area contributed by atoms with Gasteiger partial charge in [-0.2, -0.15) is 0 Å². The number of hydrogen-bond donors (Lipinski definition) is 0. The van der Waals surface area contributed by atoms with E-state index in [2.05, 4.69) is 48.5 Å². The van der Waals surface area contributed by atoms with E-state index in [0.29, 0.717) is 0 Å². The Labute approximate surface area is 166 Å². The minimum absolute atomic E-state index is 0.946. The third-order valence-electron chi connectivity index (χ3n) is 5.88. The first-order chi connectivity index (χ1) is 13.8. The number of hydrogen-bond acceptors (Lipinski definition) is 1. The minimum Gasteiger partial charge on any atom is -0.309 e. The first-order valence-corrected chi connectivity index (χ1v) is 11.7. The topological polar surface area (TPSA) is 17.1 Å². The fraction of sp³-hybridized carbons (Fsp3) is 0.154. The Balaban J connectivity index is 1.86. The molecular formula is C26H23OP. The molecule has 1 nitrogen and oxygen atoms in total. The Morgan fingerprint density at radius 3 is 1.36 bits per heavy atom. The predicted octanol–water partition coefficient (Wildman–Crippen LogP) is 7.09. The second kappa shape index (κ2) is 7.08. The molecule has 0 spiro atoms. The highest BCUT2D eigenvalue weighted by Gasteiger charge is 2.45. The molecule has 0 bridgehead atoms. The molecule has 0 saturated heterocycles. The number of allylic oxidation sites excluding steroid dienone is 2. The molecule has 5 rings (SSSR count). The minimum atomic E-state index is -2.93. The van der Waals surface area contributed by atoms with Gasteiger partial charge in [0.05, 0.1) is 0 Å². The van der Waals surface area contributed by atoms with Crippen LogP contribution in [-0.4, -0.2) is 0 Å². The molecule has 1 fully saturated rings. The van der Waals surface area contributed by atoms with Gasteiger partial charge in [0.25, 0.3) is 0 Å². The van der Waals surface area contributed by atoms with Gasteiger partial charge in [-0.1, -0.05) is 91.0 Å². The maximum atomic E-state index is 15.1. The Morgan fingerprint density at radius 1 is 0.536 bits per heavy atom. The van der Waals surface area contributed by atoms with E-state index in [1.807, 2.05) is 42.5 Å². The zero-order valence-corrected chi connectivity index (χ0v) is 16.7. The molecule has 0 amide bonds. The van der Waals surface area contributed by atoms with Crippen LogP contribution in [0.2, 0.25) is 0 Å². The van der Waals surface area contributed by atoms with E-state index in [1.54, 1.807) is 0 Å². The van der Waals surface area contributed by atoms with E-state index >= 15 is 4.57 Å². The van der Waals surface area contributed by atoms with Crippen molar-refractivity contribution >= 4 is 23.1 Å². The van der Waals surface area contributed by atoms with Gasteiger partial charge in [0.15, 0.2) is 7.14 Å². The first kappa shape index (κ1) is 17.5. The third-order valence-corrected chi connectivity index (χ3v) is 9.22. The summed E-state index contributed by atoms with van der Waals surface area (Å²) in [4.78, 5) is 0. The molecule has 28 heavy (non-hydrogen) atoms. The summed E-state index contributed by atoms with van der Waals surface area (Å²) < 4.78 is 15.1. The standard InChI is InChI=1S/C26H23OP/c27-28(22-16-8-3-9-17-22)25(20-12-4-1-5-13-20)23-18-10-11-19-24(23)26(28)21-14-6-2-7-15-21/h1-9,12-17H,10-11,18-19H2. The van der Waals surface area contributed by atoms with Crippen molar-refractivity contribution in [1.82, 2.24) is 0 Å². The fourth-order valence-electron chi connectivity index (χ4n) is 4.72. The molecule has 1 aliphatic heterocycles. The van der Waals surface area contributed by atoms with Crippen LogP contribution in [0.25, 0.3) is 10.6 Å². The Kier molecular flexibility index (Phi) is 4.41. The number of rotatable bonds is 3. The van der Waals surface area contributed by atoms with Crippen molar-refractivity contribution in [2.75, 3.05) is 0 Å². The van der Waals surface area contributed by atoms with Crippen LogP contribution in [0.1, 0.15) is 36.8 Å². The lowest BCUT2D eigenvalue weighted by Crippen LogP contribution is -2.06. The van der Waals surface area contributed by atoms with Gasteiger partial charge in [0, 0.05) is 15.9 Å². The normalized spacial score (nSPS) is 18.3. The van der Waals surface area contributed by atoms with Crippen LogP contribution in [-0.2, 0) is 4.57 Å². The smallest absolute Gasteiger partial charge is 0.172 e. The SMILES string of the molecule is O=P1(c2ccccc2)C(c2ccccc2)=C2CCCCC2=C1c1ccccc1. The zero-order chi connectivity index (χ0) is 19.0. The highest BCUT2D eigenvalue weighted by atomic mass is 31.2. The molecule has 3 aromatic rings. The molecule has 0 aromatic heterocycles. The van der Waals surface area contributed by atoms with Crippen molar-refractivity contribution in [1.29, 1.82) is 0 Å². The van der Waals surface area contributed by atoms with Gasteiger partial charge >= 0.3 is 0 Å². The summed E-state index contributed by atoms with van der Waals surface area (Å²) in [5.41, 5.74) is 4.89. The number of benzene rings is 3. The van der Waals surface area contributed by atoms with Crippen LogP contribution >= 0.6 is 7.14 Å². The van der Waals surface area contributed by atoms with E-state index in [4.69, 9.17) is 0 Å². The highest BCUT2D eigenvalue weighted by Crippen LogP contribution is 2.75. The lowest BCUT2D eigenvalue weighted by Gasteiger charge is -2.22. The summed E-state index contributed by atoms with van der Waals surface area (Å²) in [6.07, 6.45) is 4.39. The van der Waals surface area contributed by atoms with Gasteiger partial charge in [-0.3, -0.25) is 0 Å². The maximum Gasteiger partial charge on any atom is 0.172 e. The Bertz CT molecular complexity index is 1040. The molecule has 1 aliphatic carbocycles. The zero-order valence-electron chi connectivity index (χ0n) is 15.8. The quantitative estimate of drug-likeness (QED) is 0.442. The molecule has 3 aromatic carbocycles. The van der Waals surface area contributed by atoms with E-state index in [9.17, 15) is 0 Å². The molecule has 0 N–H and O–H groups in total. The summed E-state index contributed by atoms with van der Waals surface area (Å²) in [5.74, 6) is 0. The van der Waals surface area contributed by atoms with Crippen LogP contribution in [0.5, 0.6) is 0 Å². The average Bonchev–Trinajstić information content (AvgIpc) is 3.05. The van der Waals surface area contributed by atoms with Gasteiger partial charge < -0.3 is 4.57 Å². The molecule has 1 saturated carbocycles. The van der Waals surface area contributed by atoms with Crippen molar-refractivity contribution in [2.45, 2.75) is 25.7 Å². The molecule has 1 heterocycles. The Morgan fingerprint density at radius 2 is 0.929 bits per heavy atom. The summed E-state index contributed by atoms with van der Waals surface area (Å²) in [6.45, 7) is 0. The van der Waals surface area contributed by atoms with E-state index in [-0.39, 0.29) is 0 Å². The van der Waals surface area contributed by atoms with Crippen LogP contribution in [0, 0.1) is 0 Å². The summed E-state index contributed by atoms with van der Waals surface area (Å²) in [6, 6.07) is 30.9. The van der Waals surface area contributed by atoms with Crippen molar-refractivity contribution in [3.05, 3.63) is 113 Å². The fourth-order valence-corrected chi connectivity index (χ4v) is 8.33. The second-order valence-corrected chi connectivity index (χ2v) is 10.2. The van der Waals surface area contributed by atoms with Gasteiger partial charge in [-0.25, -0.2) is 0 Å². The average molecular weight is 382 g/mol. The van der Waals surface area contributed by atoms with Crippen LogP contribution in [0.4, 0.5) is 0 Å². The van der Waals surface area contributed by atoms with Gasteiger partial charge in [-0.15, -0.1) is 0 Å². The van der Waals surface area contributed by atoms with Crippen LogP contribution in [0.15, 0.2) is 102 Å². The summed E-state index contributed by atoms with van der Waals surface area (Å²) in [7, 11) is -2.93. The molecule has 0 radical (unpaired) electrons. The van der Waals surface area contributed by atoms with Crippen LogP contribution < -0.4 is 5.30 Å². The van der Waals surface area contributed by atoms with Crippen molar-refractivity contribution < 1.29 is 4.57 Å². The van der Waals surface area contributed by atoms with Crippen LogP contribution in [0.3, 0.4) is 0 Å². The Hall–Kier alpha value is -2.63. The van der Waals surface area contributed by atoms with Gasteiger partial charge in [-0.05, 0) is 48.0 Å². The van der Waals surface area contributed by atoms with E-state index in [0.717, 1.165) is 39.9 Å². The number of fused-ring (bicyclic) bond motifs is 1. The summed E-state index contributed by atoms with van der Waals surface area (Å²) in [5, 5.41) is 3.10. The predicted molar refractivity (Wildman–Crippen MR) is 119 cm³/mol. The van der Waals surface area contributed by atoms with Crippen molar-refractivity contribution in [3.63, 3.8) is 0 Å². The van der Waals surface area contributed by atoms with E-state index in [1.165, 1.54) is 24.0 Å². The lowest BCUT2D eigenvalue weighted by atomic mass is 9.87.